The molecule has 0 saturated carbocycles. The molecule has 0 unspecified atom stereocenters. The quantitative estimate of drug-likeness (QED) is 0.612. The maximum absolute atomic E-state index is 11.3. The molecule has 1 aromatic heterocycles. The molecule has 0 bridgehead atoms. The summed E-state index contributed by atoms with van der Waals surface area (Å²) in [6, 6.07) is 3.60. The summed E-state index contributed by atoms with van der Waals surface area (Å²) in [5.41, 5.74) is 0. The zero-order valence-corrected chi connectivity index (χ0v) is 4.30. The molecule has 0 amide bonds. The Morgan fingerprint density at radius 1 is 1.67 bits per heavy atom. The van der Waals surface area contributed by atoms with E-state index in [2.05, 4.69) is 15.2 Å². The van der Waals surface area contributed by atoms with Gasteiger partial charge in [-0.3, -0.25) is 0 Å². The number of halogens is 2. The second kappa shape index (κ2) is 2.48. The summed E-state index contributed by atoms with van der Waals surface area (Å²) in [6.45, 7) is -2.83. The molecule has 0 fully saturated rings. The SMILES string of the molecule is FC(F)Oc1c[c]co1. The largest absolute Gasteiger partial charge is 0.433 e. The molecule has 0 aromatic carbocycles. The van der Waals surface area contributed by atoms with Gasteiger partial charge >= 0.3 is 6.61 Å². The third-order valence-corrected chi connectivity index (χ3v) is 0.650. The van der Waals surface area contributed by atoms with E-state index in [4.69, 9.17) is 0 Å². The van der Waals surface area contributed by atoms with E-state index in [1.807, 2.05) is 0 Å². The molecule has 0 spiro atoms. The fraction of sp³-hybridized carbons (Fsp3) is 0.200. The molecule has 9 heavy (non-hydrogen) atoms. The summed E-state index contributed by atoms with van der Waals surface area (Å²) in [6.07, 6.45) is 1.14. The van der Waals surface area contributed by atoms with Crippen LogP contribution in [0.3, 0.4) is 0 Å². The Hall–Kier alpha value is -1.06. The molecule has 0 aliphatic rings. The first-order valence-corrected chi connectivity index (χ1v) is 2.18. The third kappa shape index (κ3) is 1.71. The van der Waals surface area contributed by atoms with Crippen molar-refractivity contribution in [3.05, 3.63) is 18.4 Å². The van der Waals surface area contributed by atoms with Crippen molar-refractivity contribution in [1.29, 1.82) is 0 Å². The lowest BCUT2D eigenvalue weighted by molar-refractivity contribution is -0.0637. The maximum Gasteiger partial charge on any atom is 0.389 e. The maximum atomic E-state index is 11.3. The van der Waals surface area contributed by atoms with Gasteiger partial charge in [-0.25, -0.2) is 0 Å². The minimum Gasteiger partial charge on any atom is -0.433 e. The lowest BCUT2D eigenvalue weighted by Gasteiger charge is -1.96. The monoisotopic (exact) mass is 133 g/mol. The fourth-order valence-corrected chi connectivity index (χ4v) is 0.378. The van der Waals surface area contributed by atoms with E-state index in [1.54, 1.807) is 0 Å². The number of alkyl halides is 2. The topological polar surface area (TPSA) is 22.4 Å². The number of rotatable bonds is 2. The van der Waals surface area contributed by atoms with Gasteiger partial charge in [-0.2, -0.15) is 8.78 Å². The molecule has 0 N–H and O–H groups in total. The van der Waals surface area contributed by atoms with Crippen LogP contribution in [0, 0.1) is 6.07 Å². The summed E-state index contributed by atoms with van der Waals surface area (Å²) in [5.74, 6) is -0.218. The van der Waals surface area contributed by atoms with E-state index in [0.29, 0.717) is 0 Å². The normalized spacial score (nSPS) is 10.1. The standard InChI is InChI=1S/C5H3F2O2/c6-5(7)9-4-2-1-3-8-4/h2-3,5H. The molecule has 2 nitrogen and oxygen atoms in total. The van der Waals surface area contributed by atoms with Gasteiger partial charge in [0.15, 0.2) is 0 Å². The van der Waals surface area contributed by atoms with Gasteiger partial charge in [0.1, 0.15) is 6.26 Å². The minimum atomic E-state index is -2.83. The first-order valence-electron chi connectivity index (χ1n) is 2.18. The van der Waals surface area contributed by atoms with Crippen LogP contribution in [-0.2, 0) is 0 Å². The minimum absolute atomic E-state index is 0.218. The molecule has 0 saturated heterocycles. The van der Waals surface area contributed by atoms with E-state index >= 15 is 0 Å². The van der Waals surface area contributed by atoms with Gasteiger partial charge in [-0.15, -0.1) is 0 Å². The van der Waals surface area contributed by atoms with Gasteiger partial charge in [0, 0.05) is 12.1 Å². The molecule has 0 aliphatic heterocycles. The molecule has 1 heterocycles. The average molecular weight is 133 g/mol. The van der Waals surface area contributed by atoms with E-state index < -0.39 is 6.61 Å². The number of hydrogen-bond acceptors (Lipinski definition) is 2. The van der Waals surface area contributed by atoms with Crippen molar-refractivity contribution < 1.29 is 17.9 Å². The third-order valence-electron chi connectivity index (χ3n) is 0.650. The number of ether oxygens (including phenoxy) is 1. The van der Waals surface area contributed by atoms with Crippen molar-refractivity contribution in [3.63, 3.8) is 0 Å². The highest BCUT2D eigenvalue weighted by Crippen LogP contribution is 2.12. The Morgan fingerprint density at radius 3 is 2.89 bits per heavy atom. The van der Waals surface area contributed by atoms with Crippen LogP contribution < -0.4 is 4.74 Å². The summed E-state index contributed by atoms with van der Waals surface area (Å²) in [5, 5.41) is 0. The summed E-state index contributed by atoms with van der Waals surface area (Å²) < 4.78 is 30.8. The van der Waals surface area contributed by atoms with Crippen LogP contribution in [0.5, 0.6) is 5.95 Å². The Labute approximate surface area is 50.0 Å². The van der Waals surface area contributed by atoms with Gasteiger partial charge in [0.25, 0.3) is 5.95 Å². The van der Waals surface area contributed by atoms with Crippen LogP contribution >= 0.6 is 0 Å². The fourth-order valence-electron chi connectivity index (χ4n) is 0.378. The van der Waals surface area contributed by atoms with Crippen molar-refractivity contribution in [3.8, 4) is 5.95 Å². The number of furan rings is 1. The van der Waals surface area contributed by atoms with Crippen LogP contribution in [0.2, 0.25) is 0 Å². The van der Waals surface area contributed by atoms with Crippen LogP contribution in [0.4, 0.5) is 8.78 Å². The Kier molecular flexibility index (Phi) is 1.67. The van der Waals surface area contributed by atoms with Crippen LogP contribution in [0.15, 0.2) is 16.7 Å². The van der Waals surface area contributed by atoms with Crippen molar-refractivity contribution in [2.24, 2.45) is 0 Å². The van der Waals surface area contributed by atoms with E-state index in [9.17, 15) is 8.78 Å². The molecular formula is C5H3F2O2. The van der Waals surface area contributed by atoms with Crippen molar-refractivity contribution >= 4 is 0 Å². The van der Waals surface area contributed by atoms with E-state index in [1.165, 1.54) is 6.07 Å². The summed E-state index contributed by atoms with van der Waals surface area (Å²) >= 11 is 0. The molecular weight excluding hydrogens is 130 g/mol. The van der Waals surface area contributed by atoms with Gasteiger partial charge in [0.05, 0.1) is 0 Å². The molecule has 49 valence electrons. The Balaban J connectivity index is 2.48. The lowest BCUT2D eigenvalue weighted by atomic mass is 10.7. The molecule has 0 atom stereocenters. The van der Waals surface area contributed by atoms with Crippen molar-refractivity contribution in [2.45, 2.75) is 6.61 Å². The smallest absolute Gasteiger partial charge is 0.389 e. The van der Waals surface area contributed by atoms with Crippen molar-refractivity contribution in [1.82, 2.24) is 0 Å². The Bertz CT molecular complexity index is 159. The summed E-state index contributed by atoms with van der Waals surface area (Å²) in [7, 11) is 0. The predicted molar refractivity (Wildman–Crippen MR) is 24.2 cm³/mol. The van der Waals surface area contributed by atoms with Gasteiger partial charge in [-0.1, -0.05) is 0 Å². The van der Waals surface area contributed by atoms with Crippen LogP contribution in [0.1, 0.15) is 0 Å². The first-order chi connectivity index (χ1) is 4.29. The highest BCUT2D eigenvalue weighted by molar-refractivity contribution is 5.02. The van der Waals surface area contributed by atoms with Gasteiger partial charge in [0.2, 0.25) is 0 Å². The highest BCUT2D eigenvalue weighted by atomic mass is 19.3. The highest BCUT2D eigenvalue weighted by Gasteiger charge is 2.04. The summed E-state index contributed by atoms with van der Waals surface area (Å²) in [4.78, 5) is 0. The van der Waals surface area contributed by atoms with Crippen LogP contribution in [0.25, 0.3) is 0 Å². The second-order valence-electron chi connectivity index (χ2n) is 1.24. The second-order valence-corrected chi connectivity index (χ2v) is 1.24. The zero-order valence-electron chi connectivity index (χ0n) is 4.30. The molecule has 1 aromatic rings. The Morgan fingerprint density at radius 2 is 2.44 bits per heavy atom. The van der Waals surface area contributed by atoms with Gasteiger partial charge in [-0.05, 0) is 0 Å². The van der Waals surface area contributed by atoms with E-state index in [-0.39, 0.29) is 5.95 Å². The van der Waals surface area contributed by atoms with Crippen molar-refractivity contribution in [2.75, 3.05) is 0 Å². The zero-order chi connectivity index (χ0) is 6.69. The van der Waals surface area contributed by atoms with E-state index in [0.717, 1.165) is 6.26 Å². The molecule has 1 rings (SSSR count). The average Bonchev–Trinajstić information content (AvgIpc) is 2.15. The molecule has 1 radical (unpaired) electrons. The molecule has 4 heteroatoms. The molecule has 0 aliphatic carbocycles. The number of hydrogen-bond donors (Lipinski definition) is 0. The predicted octanol–water partition coefficient (Wildman–Crippen LogP) is 1.68. The van der Waals surface area contributed by atoms with Gasteiger partial charge < -0.3 is 9.15 Å². The van der Waals surface area contributed by atoms with Crippen LogP contribution in [-0.4, -0.2) is 6.61 Å². The first kappa shape index (κ1) is 6.07. The lowest BCUT2D eigenvalue weighted by Crippen LogP contribution is -2.00.